The van der Waals surface area contributed by atoms with Crippen molar-refractivity contribution < 1.29 is 0 Å². The molecule has 13 heavy (non-hydrogen) atoms. The van der Waals surface area contributed by atoms with Crippen LogP contribution in [0, 0.1) is 3.57 Å². The summed E-state index contributed by atoms with van der Waals surface area (Å²) in [7, 11) is -1.11. The number of halogens is 1. The number of rotatable bonds is 3. The molecule has 0 aliphatic heterocycles. The van der Waals surface area contributed by atoms with Crippen LogP contribution in [-0.2, 0) is 0 Å². The summed E-state index contributed by atoms with van der Waals surface area (Å²) in [6, 6.07) is 10.5. The van der Waals surface area contributed by atoms with E-state index >= 15 is 0 Å². The van der Waals surface area contributed by atoms with Crippen LogP contribution in [-0.4, -0.2) is 8.07 Å². The summed E-state index contributed by atoms with van der Waals surface area (Å²) < 4.78 is 1.34. The SMILES string of the molecule is CCC[Si](C)(C)c1ccc(I)cc1. The molecule has 0 fully saturated rings. The van der Waals surface area contributed by atoms with Gasteiger partial charge >= 0.3 is 0 Å². The Hall–Kier alpha value is 0.167. The van der Waals surface area contributed by atoms with Gasteiger partial charge in [0.2, 0.25) is 0 Å². The second-order valence-corrected chi connectivity index (χ2v) is 10.2. The maximum absolute atomic E-state index is 2.46. The fourth-order valence-electron chi connectivity index (χ4n) is 1.67. The summed E-state index contributed by atoms with van der Waals surface area (Å²) in [5.41, 5.74) is 0. The molecule has 0 heterocycles. The first-order valence-corrected chi connectivity index (χ1v) is 9.11. The summed E-state index contributed by atoms with van der Waals surface area (Å²) in [4.78, 5) is 0. The summed E-state index contributed by atoms with van der Waals surface area (Å²) in [5, 5.41) is 1.59. The molecular formula is C11H17ISi. The molecule has 0 spiro atoms. The molecule has 72 valence electrons. The Morgan fingerprint density at radius 1 is 1.15 bits per heavy atom. The minimum absolute atomic E-state index is 1.11. The van der Waals surface area contributed by atoms with Crippen molar-refractivity contribution in [2.45, 2.75) is 32.5 Å². The average molecular weight is 304 g/mol. The second-order valence-electron chi connectivity index (χ2n) is 4.14. The van der Waals surface area contributed by atoms with Gasteiger partial charge in [-0.15, -0.1) is 0 Å². The van der Waals surface area contributed by atoms with E-state index < -0.39 is 8.07 Å². The number of benzene rings is 1. The topological polar surface area (TPSA) is 0 Å². The van der Waals surface area contributed by atoms with Crippen LogP contribution < -0.4 is 5.19 Å². The third-order valence-corrected chi connectivity index (χ3v) is 6.87. The Labute approximate surface area is 95.9 Å². The van der Waals surface area contributed by atoms with Gasteiger partial charge in [0, 0.05) is 3.57 Å². The van der Waals surface area contributed by atoms with Crippen LogP contribution >= 0.6 is 22.6 Å². The normalized spacial score (nSPS) is 11.7. The Balaban J connectivity index is 2.87. The van der Waals surface area contributed by atoms with Gasteiger partial charge in [-0.2, -0.15) is 0 Å². The van der Waals surface area contributed by atoms with Crippen molar-refractivity contribution in [1.29, 1.82) is 0 Å². The van der Waals surface area contributed by atoms with Crippen LogP contribution in [0.4, 0.5) is 0 Å². The van der Waals surface area contributed by atoms with Crippen LogP contribution in [0.3, 0.4) is 0 Å². The van der Waals surface area contributed by atoms with Crippen LogP contribution in [0.15, 0.2) is 24.3 Å². The first-order chi connectivity index (χ1) is 6.06. The molecule has 0 saturated heterocycles. The van der Waals surface area contributed by atoms with Crippen molar-refractivity contribution >= 4 is 35.9 Å². The first-order valence-electron chi connectivity index (χ1n) is 4.82. The third-order valence-electron chi connectivity index (χ3n) is 2.50. The lowest BCUT2D eigenvalue weighted by Gasteiger charge is -2.22. The molecule has 0 atom stereocenters. The monoisotopic (exact) mass is 304 g/mol. The Morgan fingerprint density at radius 3 is 2.15 bits per heavy atom. The van der Waals surface area contributed by atoms with Crippen LogP contribution in [0.5, 0.6) is 0 Å². The number of hydrogen-bond acceptors (Lipinski definition) is 0. The van der Waals surface area contributed by atoms with Crippen molar-refractivity contribution in [2.75, 3.05) is 0 Å². The van der Waals surface area contributed by atoms with Gasteiger partial charge in [-0.05, 0) is 34.7 Å². The molecule has 0 N–H and O–H groups in total. The fraction of sp³-hybridized carbons (Fsp3) is 0.455. The molecule has 0 unspecified atom stereocenters. The van der Waals surface area contributed by atoms with E-state index in [1.165, 1.54) is 16.0 Å². The van der Waals surface area contributed by atoms with Gasteiger partial charge in [-0.3, -0.25) is 0 Å². The lowest BCUT2D eigenvalue weighted by atomic mass is 10.4. The van der Waals surface area contributed by atoms with Gasteiger partial charge in [-0.25, -0.2) is 0 Å². The molecule has 0 saturated carbocycles. The van der Waals surface area contributed by atoms with Crippen molar-refractivity contribution in [3.8, 4) is 0 Å². The molecule has 0 aliphatic carbocycles. The first kappa shape index (κ1) is 11.2. The van der Waals surface area contributed by atoms with Gasteiger partial charge in [0.05, 0.1) is 8.07 Å². The zero-order chi connectivity index (χ0) is 9.90. The molecule has 1 rings (SSSR count). The van der Waals surface area contributed by atoms with E-state index in [1.807, 2.05) is 0 Å². The molecule has 1 aromatic rings. The Kier molecular flexibility index (Phi) is 3.98. The van der Waals surface area contributed by atoms with E-state index in [2.05, 4.69) is 66.9 Å². The molecule has 0 amide bonds. The smallest absolute Gasteiger partial charge is 0.0656 e. The molecular weight excluding hydrogens is 287 g/mol. The summed E-state index contributed by atoms with van der Waals surface area (Å²) in [6.45, 7) is 7.19. The largest absolute Gasteiger partial charge is 0.0806 e. The summed E-state index contributed by atoms with van der Waals surface area (Å²) in [6.07, 6.45) is 1.31. The molecule has 2 heteroatoms. The predicted molar refractivity (Wildman–Crippen MR) is 71.4 cm³/mol. The molecule has 0 nitrogen and oxygen atoms in total. The molecule has 0 aliphatic rings. The zero-order valence-corrected chi connectivity index (χ0v) is 11.8. The highest BCUT2D eigenvalue weighted by Gasteiger charge is 2.21. The van der Waals surface area contributed by atoms with Gasteiger partial charge < -0.3 is 0 Å². The molecule has 0 radical (unpaired) electrons. The second kappa shape index (κ2) is 4.60. The lowest BCUT2D eigenvalue weighted by Crippen LogP contribution is -2.40. The molecule has 1 aromatic carbocycles. The quantitative estimate of drug-likeness (QED) is 0.591. The summed E-state index contributed by atoms with van der Waals surface area (Å²) >= 11 is 2.36. The van der Waals surface area contributed by atoms with Crippen LogP contribution in [0.25, 0.3) is 0 Å². The summed E-state index contributed by atoms with van der Waals surface area (Å²) in [5.74, 6) is 0. The lowest BCUT2D eigenvalue weighted by molar-refractivity contribution is 1.05. The minimum Gasteiger partial charge on any atom is -0.0656 e. The highest BCUT2D eigenvalue weighted by atomic mass is 127. The van der Waals surface area contributed by atoms with E-state index in [-0.39, 0.29) is 0 Å². The van der Waals surface area contributed by atoms with E-state index in [0.717, 1.165) is 0 Å². The molecule has 0 aromatic heterocycles. The van der Waals surface area contributed by atoms with Crippen LogP contribution in [0.2, 0.25) is 19.1 Å². The van der Waals surface area contributed by atoms with E-state index in [4.69, 9.17) is 0 Å². The Bertz CT molecular complexity index is 264. The van der Waals surface area contributed by atoms with E-state index in [9.17, 15) is 0 Å². The van der Waals surface area contributed by atoms with Gasteiger partial charge in [0.15, 0.2) is 0 Å². The van der Waals surface area contributed by atoms with Crippen molar-refractivity contribution in [3.63, 3.8) is 0 Å². The maximum Gasteiger partial charge on any atom is 0.0806 e. The van der Waals surface area contributed by atoms with Crippen LogP contribution in [0.1, 0.15) is 13.3 Å². The van der Waals surface area contributed by atoms with Crippen molar-refractivity contribution in [3.05, 3.63) is 27.8 Å². The highest BCUT2D eigenvalue weighted by molar-refractivity contribution is 14.1. The zero-order valence-electron chi connectivity index (χ0n) is 8.60. The van der Waals surface area contributed by atoms with Gasteiger partial charge in [0.25, 0.3) is 0 Å². The van der Waals surface area contributed by atoms with Crippen molar-refractivity contribution in [1.82, 2.24) is 0 Å². The van der Waals surface area contributed by atoms with E-state index in [1.54, 1.807) is 5.19 Å². The average Bonchev–Trinajstić information content (AvgIpc) is 2.05. The predicted octanol–water partition coefficient (Wildman–Crippen LogP) is 3.62. The van der Waals surface area contributed by atoms with Gasteiger partial charge in [-0.1, -0.05) is 49.8 Å². The molecule has 0 bridgehead atoms. The standard InChI is InChI=1S/C11H17ISi/c1-4-9-13(2,3)11-7-5-10(12)6-8-11/h5-8H,4,9H2,1-3H3. The van der Waals surface area contributed by atoms with Gasteiger partial charge in [0.1, 0.15) is 0 Å². The van der Waals surface area contributed by atoms with Crippen molar-refractivity contribution in [2.24, 2.45) is 0 Å². The Morgan fingerprint density at radius 2 is 1.69 bits per heavy atom. The minimum atomic E-state index is -1.11. The third kappa shape index (κ3) is 3.09. The van der Waals surface area contributed by atoms with E-state index in [0.29, 0.717) is 0 Å². The maximum atomic E-state index is 2.46. The number of hydrogen-bond donors (Lipinski definition) is 0. The fourth-order valence-corrected chi connectivity index (χ4v) is 4.64. The highest BCUT2D eigenvalue weighted by Crippen LogP contribution is 2.13.